The molecule has 0 amide bonds. The lowest BCUT2D eigenvalue weighted by molar-refractivity contribution is -0.271. The molecule has 2 aromatic carbocycles. The van der Waals surface area contributed by atoms with Crippen molar-refractivity contribution in [1.29, 1.82) is 0 Å². The Balaban J connectivity index is 1.78. The molecule has 6 N–H and O–H groups in total. The van der Waals surface area contributed by atoms with E-state index in [4.69, 9.17) is 14.6 Å². The van der Waals surface area contributed by atoms with Crippen molar-refractivity contribution >= 4 is 18.1 Å². The number of carboxylic acid groups (broad SMARTS) is 1. The number of benzene rings is 2. The van der Waals surface area contributed by atoms with Gasteiger partial charge in [-0.25, -0.2) is 4.79 Å². The van der Waals surface area contributed by atoms with E-state index >= 15 is 0 Å². The molecule has 0 spiro atoms. The largest absolute Gasteiger partial charge is 0.508 e. The van der Waals surface area contributed by atoms with Gasteiger partial charge < -0.3 is 40.1 Å². The van der Waals surface area contributed by atoms with Crippen molar-refractivity contribution in [2.45, 2.75) is 30.7 Å². The Kier molecular flexibility index (Phi) is 6.04. The van der Waals surface area contributed by atoms with Crippen molar-refractivity contribution in [2.75, 3.05) is 0 Å². The van der Waals surface area contributed by atoms with Gasteiger partial charge >= 0.3 is 5.97 Å². The summed E-state index contributed by atoms with van der Waals surface area (Å²) in [6, 6.07) is 10.6. The molecule has 0 saturated carbocycles. The van der Waals surface area contributed by atoms with Crippen molar-refractivity contribution in [3.63, 3.8) is 0 Å². The highest BCUT2D eigenvalue weighted by atomic mass is 16.7. The van der Waals surface area contributed by atoms with Crippen LogP contribution < -0.4 is 4.74 Å². The number of aliphatic hydroxyl groups excluding tert-OH is 3. The molecule has 0 radical (unpaired) electrons. The third kappa shape index (κ3) is 4.84. The standard InChI is InChI=1S/C20H20O9/c21-12-5-3-10(4-6-12)1-2-11-7-13(22)9-14(8-11)28-20-17(25)15(23)16(24)18(29-20)19(26)27/h1-9,15-18,20-25H,(H,26,27)/b2-1+/t15-,16-,17+,18-,20?/m0/s1. The van der Waals surface area contributed by atoms with Crippen molar-refractivity contribution in [3.8, 4) is 17.2 Å². The molecule has 1 heterocycles. The first-order valence-corrected chi connectivity index (χ1v) is 8.65. The number of phenolic OH excluding ortho intramolecular Hbond substituents is 2. The van der Waals surface area contributed by atoms with E-state index in [1.165, 1.54) is 30.3 Å². The summed E-state index contributed by atoms with van der Waals surface area (Å²) in [6.45, 7) is 0. The highest BCUT2D eigenvalue weighted by molar-refractivity contribution is 5.73. The summed E-state index contributed by atoms with van der Waals surface area (Å²) < 4.78 is 10.5. The first-order valence-electron chi connectivity index (χ1n) is 8.65. The predicted octanol–water partition coefficient (Wildman–Crippen LogP) is 0.539. The molecular weight excluding hydrogens is 384 g/mol. The van der Waals surface area contributed by atoms with Gasteiger partial charge in [-0.3, -0.25) is 0 Å². The zero-order valence-electron chi connectivity index (χ0n) is 15.0. The Labute approximate surface area is 165 Å². The number of aliphatic hydroxyl groups is 3. The number of aromatic hydroxyl groups is 2. The van der Waals surface area contributed by atoms with Crippen LogP contribution in [0.15, 0.2) is 42.5 Å². The molecule has 3 rings (SSSR count). The SMILES string of the molecule is O=C(O)[C@H]1OC(Oc2cc(O)cc(/C=C/c3ccc(O)cc3)c2)[C@H](O)[C@@H](O)[C@@H]1O. The molecule has 1 saturated heterocycles. The molecular formula is C20H20O9. The normalized spacial score (nSPS) is 27.1. The summed E-state index contributed by atoms with van der Waals surface area (Å²) in [6.07, 6.45) is -5.30. The van der Waals surface area contributed by atoms with E-state index in [0.717, 1.165) is 5.56 Å². The second-order valence-corrected chi connectivity index (χ2v) is 6.54. The third-order valence-corrected chi connectivity index (χ3v) is 4.34. The second kappa shape index (κ2) is 8.50. The van der Waals surface area contributed by atoms with Gasteiger partial charge in [0.1, 0.15) is 35.6 Å². The molecule has 0 aliphatic carbocycles. The van der Waals surface area contributed by atoms with Gasteiger partial charge in [-0.15, -0.1) is 0 Å². The average molecular weight is 404 g/mol. The van der Waals surface area contributed by atoms with Crippen LogP contribution in [-0.2, 0) is 9.53 Å². The summed E-state index contributed by atoms with van der Waals surface area (Å²) in [5.74, 6) is -1.50. The van der Waals surface area contributed by atoms with Gasteiger partial charge in [0.15, 0.2) is 6.10 Å². The average Bonchev–Trinajstić information content (AvgIpc) is 2.67. The van der Waals surface area contributed by atoms with Crippen LogP contribution in [0.3, 0.4) is 0 Å². The van der Waals surface area contributed by atoms with Crippen LogP contribution in [0, 0.1) is 0 Å². The molecule has 1 unspecified atom stereocenters. The maximum Gasteiger partial charge on any atom is 0.335 e. The second-order valence-electron chi connectivity index (χ2n) is 6.54. The highest BCUT2D eigenvalue weighted by Gasteiger charge is 2.48. The number of hydrogen-bond acceptors (Lipinski definition) is 8. The minimum Gasteiger partial charge on any atom is -0.508 e. The van der Waals surface area contributed by atoms with E-state index in [0.29, 0.717) is 5.56 Å². The minimum atomic E-state index is -1.82. The van der Waals surface area contributed by atoms with Gasteiger partial charge in [0.05, 0.1) is 0 Å². The van der Waals surface area contributed by atoms with Crippen LogP contribution in [0.1, 0.15) is 11.1 Å². The van der Waals surface area contributed by atoms with Crippen LogP contribution >= 0.6 is 0 Å². The Bertz CT molecular complexity index is 893. The molecule has 2 aromatic rings. The molecule has 154 valence electrons. The van der Waals surface area contributed by atoms with Gasteiger partial charge in [-0.1, -0.05) is 24.3 Å². The number of aliphatic carboxylic acids is 1. The van der Waals surface area contributed by atoms with E-state index in [-0.39, 0.29) is 17.2 Å². The summed E-state index contributed by atoms with van der Waals surface area (Å²) in [5.41, 5.74) is 1.31. The minimum absolute atomic E-state index is 0.0483. The summed E-state index contributed by atoms with van der Waals surface area (Å²) in [7, 11) is 0. The molecule has 1 aliphatic rings. The molecule has 5 atom stereocenters. The lowest BCUT2D eigenvalue weighted by Crippen LogP contribution is -2.61. The highest BCUT2D eigenvalue weighted by Crippen LogP contribution is 2.28. The lowest BCUT2D eigenvalue weighted by atomic mass is 9.99. The van der Waals surface area contributed by atoms with E-state index in [2.05, 4.69) is 0 Å². The van der Waals surface area contributed by atoms with E-state index < -0.39 is 36.7 Å². The maximum atomic E-state index is 11.2. The zero-order chi connectivity index (χ0) is 21.1. The van der Waals surface area contributed by atoms with Crippen molar-refractivity contribution in [1.82, 2.24) is 0 Å². The number of ether oxygens (including phenoxy) is 2. The van der Waals surface area contributed by atoms with Crippen LogP contribution in [-0.4, -0.2) is 67.3 Å². The number of carboxylic acids is 1. The number of phenols is 2. The van der Waals surface area contributed by atoms with E-state index in [1.54, 1.807) is 24.3 Å². The van der Waals surface area contributed by atoms with Gasteiger partial charge in [0, 0.05) is 6.07 Å². The third-order valence-electron chi connectivity index (χ3n) is 4.34. The Hall–Kier alpha value is -3.11. The summed E-state index contributed by atoms with van der Waals surface area (Å²) >= 11 is 0. The molecule has 1 fully saturated rings. The smallest absolute Gasteiger partial charge is 0.335 e. The summed E-state index contributed by atoms with van der Waals surface area (Å²) in [4.78, 5) is 11.2. The molecule has 29 heavy (non-hydrogen) atoms. The Morgan fingerprint density at radius 3 is 2.17 bits per heavy atom. The molecule has 1 aliphatic heterocycles. The fourth-order valence-corrected chi connectivity index (χ4v) is 2.83. The molecule has 9 nitrogen and oxygen atoms in total. The quantitative estimate of drug-likeness (QED) is 0.391. The van der Waals surface area contributed by atoms with Crippen molar-refractivity contribution < 1.29 is 44.9 Å². The first-order chi connectivity index (χ1) is 13.7. The Morgan fingerprint density at radius 2 is 1.52 bits per heavy atom. The van der Waals surface area contributed by atoms with E-state index in [1.807, 2.05) is 0 Å². The van der Waals surface area contributed by atoms with Crippen LogP contribution in [0.5, 0.6) is 17.2 Å². The van der Waals surface area contributed by atoms with Gasteiger partial charge in [-0.05, 0) is 35.4 Å². The monoisotopic (exact) mass is 404 g/mol. The number of rotatable bonds is 5. The number of hydrogen-bond donors (Lipinski definition) is 6. The van der Waals surface area contributed by atoms with Gasteiger partial charge in [0.2, 0.25) is 6.29 Å². The molecule has 9 heteroatoms. The molecule has 0 aromatic heterocycles. The van der Waals surface area contributed by atoms with E-state index in [9.17, 15) is 30.3 Å². The maximum absolute atomic E-state index is 11.2. The predicted molar refractivity (Wildman–Crippen MR) is 100 cm³/mol. The fourth-order valence-electron chi connectivity index (χ4n) is 2.83. The first kappa shape index (κ1) is 20.6. The summed E-state index contributed by atoms with van der Waals surface area (Å²) in [5, 5.41) is 57.9. The topological polar surface area (TPSA) is 157 Å². The van der Waals surface area contributed by atoms with Crippen LogP contribution in [0.4, 0.5) is 0 Å². The van der Waals surface area contributed by atoms with Crippen molar-refractivity contribution in [3.05, 3.63) is 53.6 Å². The van der Waals surface area contributed by atoms with Crippen LogP contribution in [0.2, 0.25) is 0 Å². The van der Waals surface area contributed by atoms with Gasteiger partial charge in [0.25, 0.3) is 0 Å². The fraction of sp³-hybridized carbons (Fsp3) is 0.250. The van der Waals surface area contributed by atoms with Crippen molar-refractivity contribution in [2.24, 2.45) is 0 Å². The zero-order valence-corrected chi connectivity index (χ0v) is 15.0. The lowest BCUT2D eigenvalue weighted by Gasteiger charge is -2.38. The van der Waals surface area contributed by atoms with Crippen LogP contribution in [0.25, 0.3) is 12.2 Å². The number of carbonyl (C=O) groups is 1. The Morgan fingerprint density at radius 1 is 0.862 bits per heavy atom. The molecule has 0 bridgehead atoms. The van der Waals surface area contributed by atoms with Gasteiger partial charge in [-0.2, -0.15) is 0 Å².